The molecule has 2 rings (SSSR count). The summed E-state index contributed by atoms with van der Waals surface area (Å²) in [5, 5.41) is 8.97. The molecule has 0 radical (unpaired) electrons. The maximum atomic E-state index is 10.9. The zero-order valence-corrected chi connectivity index (χ0v) is 10.7. The first-order valence-electron chi connectivity index (χ1n) is 5.44. The summed E-state index contributed by atoms with van der Waals surface area (Å²) >= 11 is 1.48. The maximum Gasteiger partial charge on any atom is 0.335 e. The molecule has 0 saturated heterocycles. The third-order valence-corrected chi connectivity index (χ3v) is 3.83. The minimum Gasteiger partial charge on any atom is -0.478 e. The van der Waals surface area contributed by atoms with Crippen molar-refractivity contribution in [2.75, 3.05) is 5.73 Å². The molecule has 0 aliphatic heterocycles. The number of nitrogen functional groups attached to an aromatic ring is 1. The van der Waals surface area contributed by atoms with Crippen LogP contribution in [-0.2, 0) is 0 Å². The lowest BCUT2D eigenvalue weighted by atomic mass is 10.2. The number of nitrogens with two attached hydrogens (primary N) is 1. The Labute approximate surface area is 110 Å². The number of hydrogen-bond acceptors (Lipinski definition) is 3. The third kappa shape index (κ3) is 2.65. The van der Waals surface area contributed by atoms with E-state index in [0.717, 1.165) is 15.4 Å². The second kappa shape index (κ2) is 5.14. The largest absolute Gasteiger partial charge is 0.478 e. The van der Waals surface area contributed by atoms with Crippen LogP contribution >= 0.6 is 11.8 Å². The highest BCUT2D eigenvalue weighted by Crippen LogP contribution is 2.34. The zero-order valence-electron chi connectivity index (χ0n) is 9.88. The molecule has 0 aliphatic rings. The number of carboxylic acids is 1. The Morgan fingerprint density at radius 3 is 2.56 bits per heavy atom. The predicted molar refractivity (Wildman–Crippen MR) is 73.1 cm³/mol. The van der Waals surface area contributed by atoms with E-state index in [1.54, 1.807) is 12.1 Å². The van der Waals surface area contributed by atoms with Gasteiger partial charge in [-0.25, -0.2) is 4.79 Å². The van der Waals surface area contributed by atoms with Gasteiger partial charge in [0.1, 0.15) is 0 Å². The van der Waals surface area contributed by atoms with Crippen molar-refractivity contribution in [1.82, 2.24) is 0 Å². The molecule has 0 bridgehead atoms. The van der Waals surface area contributed by atoms with Gasteiger partial charge >= 0.3 is 5.97 Å². The highest BCUT2D eigenvalue weighted by atomic mass is 32.2. The van der Waals surface area contributed by atoms with Crippen LogP contribution in [-0.4, -0.2) is 11.1 Å². The first-order valence-corrected chi connectivity index (χ1v) is 6.26. The molecule has 3 nitrogen and oxygen atoms in total. The molecule has 0 atom stereocenters. The minimum atomic E-state index is -0.943. The summed E-state index contributed by atoms with van der Waals surface area (Å²) in [7, 11) is 0. The van der Waals surface area contributed by atoms with Crippen LogP contribution in [0.5, 0.6) is 0 Å². The van der Waals surface area contributed by atoms with Crippen molar-refractivity contribution in [3.05, 3.63) is 53.6 Å². The standard InChI is InChI=1S/C14H13NO2S/c1-9-4-2-3-5-12(9)18-13-8-10(14(16)17)6-7-11(13)15/h2-8H,15H2,1H3,(H,16,17). The maximum absolute atomic E-state index is 10.9. The molecule has 0 unspecified atom stereocenters. The Kier molecular flexibility index (Phi) is 3.58. The molecule has 0 heterocycles. The first kappa shape index (κ1) is 12.5. The van der Waals surface area contributed by atoms with Gasteiger partial charge in [0.25, 0.3) is 0 Å². The summed E-state index contributed by atoms with van der Waals surface area (Å²) in [5.74, 6) is -0.943. The lowest BCUT2D eigenvalue weighted by Crippen LogP contribution is -1.98. The van der Waals surface area contributed by atoms with Crippen LogP contribution in [0.3, 0.4) is 0 Å². The fourth-order valence-electron chi connectivity index (χ4n) is 1.55. The molecular weight excluding hydrogens is 246 g/mol. The molecule has 0 saturated carbocycles. The van der Waals surface area contributed by atoms with Gasteiger partial charge in [0.05, 0.1) is 5.56 Å². The lowest BCUT2D eigenvalue weighted by Gasteiger charge is -2.08. The molecule has 0 aliphatic carbocycles. The third-order valence-electron chi connectivity index (χ3n) is 2.57. The highest BCUT2D eigenvalue weighted by molar-refractivity contribution is 7.99. The molecule has 2 aromatic rings. The number of carboxylic acid groups (broad SMARTS) is 1. The summed E-state index contributed by atoms with van der Waals surface area (Å²) < 4.78 is 0. The van der Waals surface area contributed by atoms with Crippen LogP contribution < -0.4 is 5.73 Å². The van der Waals surface area contributed by atoms with Crippen LogP contribution in [0.15, 0.2) is 52.3 Å². The molecule has 0 amide bonds. The second-order valence-corrected chi connectivity index (χ2v) is 5.01. The minimum absolute atomic E-state index is 0.250. The fourth-order valence-corrected chi connectivity index (χ4v) is 2.53. The molecule has 4 heteroatoms. The van der Waals surface area contributed by atoms with E-state index in [9.17, 15) is 4.79 Å². The van der Waals surface area contributed by atoms with Crippen LogP contribution in [0.25, 0.3) is 0 Å². The first-order chi connectivity index (χ1) is 8.58. The predicted octanol–water partition coefficient (Wildman–Crippen LogP) is 3.43. The Morgan fingerprint density at radius 2 is 1.89 bits per heavy atom. The molecule has 92 valence electrons. The molecule has 2 aromatic carbocycles. The van der Waals surface area contributed by atoms with E-state index in [0.29, 0.717) is 5.69 Å². The number of carbonyl (C=O) groups is 1. The van der Waals surface area contributed by atoms with Crippen molar-refractivity contribution >= 4 is 23.4 Å². The number of aryl methyl sites for hydroxylation is 1. The van der Waals surface area contributed by atoms with E-state index in [1.807, 2.05) is 31.2 Å². The van der Waals surface area contributed by atoms with Crippen molar-refractivity contribution in [3.8, 4) is 0 Å². The van der Waals surface area contributed by atoms with Gasteiger partial charge in [-0.1, -0.05) is 30.0 Å². The van der Waals surface area contributed by atoms with Gasteiger partial charge in [0, 0.05) is 15.5 Å². The van der Waals surface area contributed by atoms with Gasteiger partial charge in [0.15, 0.2) is 0 Å². The zero-order chi connectivity index (χ0) is 13.1. The van der Waals surface area contributed by atoms with Gasteiger partial charge < -0.3 is 10.8 Å². The molecule has 0 aromatic heterocycles. The quantitative estimate of drug-likeness (QED) is 0.829. The Morgan fingerprint density at radius 1 is 1.17 bits per heavy atom. The van der Waals surface area contributed by atoms with E-state index in [4.69, 9.17) is 10.8 Å². The normalized spacial score (nSPS) is 10.3. The van der Waals surface area contributed by atoms with Crippen molar-refractivity contribution in [1.29, 1.82) is 0 Å². The number of rotatable bonds is 3. The number of aromatic carboxylic acids is 1. The summed E-state index contributed by atoms with van der Waals surface area (Å²) in [6.07, 6.45) is 0. The topological polar surface area (TPSA) is 63.3 Å². The van der Waals surface area contributed by atoms with Crippen molar-refractivity contribution in [2.24, 2.45) is 0 Å². The number of anilines is 1. The summed E-state index contributed by atoms with van der Waals surface area (Å²) in [6, 6.07) is 12.7. The SMILES string of the molecule is Cc1ccccc1Sc1cc(C(=O)O)ccc1N. The lowest BCUT2D eigenvalue weighted by molar-refractivity contribution is 0.0696. The highest BCUT2D eigenvalue weighted by Gasteiger charge is 2.08. The van der Waals surface area contributed by atoms with Crippen LogP contribution in [0, 0.1) is 6.92 Å². The van der Waals surface area contributed by atoms with E-state index in [-0.39, 0.29) is 5.56 Å². The molecule has 0 spiro atoms. The van der Waals surface area contributed by atoms with Gasteiger partial charge in [-0.05, 0) is 36.8 Å². The Balaban J connectivity index is 2.37. The van der Waals surface area contributed by atoms with E-state index in [2.05, 4.69) is 0 Å². The van der Waals surface area contributed by atoms with Crippen LogP contribution in [0.4, 0.5) is 5.69 Å². The van der Waals surface area contributed by atoms with Gasteiger partial charge in [0.2, 0.25) is 0 Å². The molecular formula is C14H13NO2S. The Bertz CT molecular complexity index is 596. The molecule has 3 N–H and O–H groups in total. The van der Waals surface area contributed by atoms with Crippen molar-refractivity contribution in [3.63, 3.8) is 0 Å². The van der Waals surface area contributed by atoms with E-state index >= 15 is 0 Å². The van der Waals surface area contributed by atoms with Crippen molar-refractivity contribution in [2.45, 2.75) is 16.7 Å². The molecule has 18 heavy (non-hydrogen) atoms. The second-order valence-electron chi connectivity index (χ2n) is 3.93. The summed E-state index contributed by atoms with van der Waals surface area (Å²) in [5.41, 5.74) is 7.86. The fraction of sp³-hybridized carbons (Fsp3) is 0.0714. The van der Waals surface area contributed by atoms with Gasteiger partial charge in [-0.15, -0.1) is 0 Å². The van der Waals surface area contributed by atoms with Gasteiger partial charge in [-0.3, -0.25) is 0 Å². The van der Waals surface area contributed by atoms with Gasteiger partial charge in [-0.2, -0.15) is 0 Å². The van der Waals surface area contributed by atoms with E-state index in [1.165, 1.54) is 17.8 Å². The van der Waals surface area contributed by atoms with E-state index < -0.39 is 5.97 Å². The monoisotopic (exact) mass is 259 g/mol. The Hall–Kier alpha value is -1.94. The summed E-state index contributed by atoms with van der Waals surface area (Å²) in [6.45, 7) is 2.01. The average Bonchev–Trinajstić information content (AvgIpc) is 2.34. The molecule has 0 fully saturated rings. The summed E-state index contributed by atoms with van der Waals surface area (Å²) in [4.78, 5) is 12.8. The number of hydrogen-bond donors (Lipinski definition) is 2. The van der Waals surface area contributed by atoms with Crippen LogP contribution in [0.1, 0.15) is 15.9 Å². The average molecular weight is 259 g/mol. The smallest absolute Gasteiger partial charge is 0.335 e. The van der Waals surface area contributed by atoms with Crippen LogP contribution in [0.2, 0.25) is 0 Å². The van der Waals surface area contributed by atoms with Crippen molar-refractivity contribution < 1.29 is 9.90 Å². The number of benzene rings is 2.